The molecule has 7 rings (SSSR count). The van der Waals surface area contributed by atoms with Gasteiger partial charge in [0.25, 0.3) is 5.91 Å². The molecular formula is C32H24N6O. The van der Waals surface area contributed by atoms with Crippen LogP contribution in [-0.4, -0.2) is 30.6 Å². The number of fused-ring (bicyclic) bond motifs is 1. The molecule has 188 valence electrons. The van der Waals surface area contributed by atoms with Gasteiger partial charge in [0.1, 0.15) is 17.8 Å². The highest BCUT2D eigenvalue weighted by atomic mass is 16.2. The van der Waals surface area contributed by atoms with Crippen LogP contribution in [0, 0.1) is 0 Å². The first-order valence-corrected chi connectivity index (χ1v) is 13.0. The molecule has 3 aromatic carbocycles. The minimum Gasteiger partial charge on any atom is -0.309 e. The summed E-state index contributed by atoms with van der Waals surface area (Å²) >= 11 is 0. The van der Waals surface area contributed by atoms with E-state index in [2.05, 4.69) is 25.8 Å². The van der Waals surface area contributed by atoms with Gasteiger partial charge in [-0.25, -0.2) is 4.98 Å². The van der Waals surface area contributed by atoms with Gasteiger partial charge in [-0.15, -0.1) is 10.2 Å². The van der Waals surface area contributed by atoms with Gasteiger partial charge in [0.05, 0.1) is 11.2 Å². The number of hydrogen-bond donors (Lipinski definition) is 0. The number of rotatable bonds is 6. The molecule has 1 fully saturated rings. The Hall–Kier alpha value is -5.17. The molecule has 7 nitrogen and oxygen atoms in total. The number of nitrogens with zero attached hydrogens (tertiary/aromatic N) is 6. The molecule has 0 unspecified atom stereocenters. The molecule has 1 aliphatic rings. The summed E-state index contributed by atoms with van der Waals surface area (Å²) in [5.74, 6) is 1.06. The number of para-hydroxylation sites is 2. The van der Waals surface area contributed by atoms with Gasteiger partial charge in [0, 0.05) is 28.8 Å². The molecule has 0 radical (unpaired) electrons. The van der Waals surface area contributed by atoms with Crippen LogP contribution in [0.4, 0.5) is 11.5 Å². The molecule has 3 heterocycles. The van der Waals surface area contributed by atoms with Crippen LogP contribution in [0.1, 0.15) is 29.2 Å². The number of benzene rings is 3. The van der Waals surface area contributed by atoms with Gasteiger partial charge in [0.2, 0.25) is 0 Å². The predicted molar refractivity (Wildman–Crippen MR) is 152 cm³/mol. The van der Waals surface area contributed by atoms with E-state index in [1.807, 2.05) is 103 Å². The van der Waals surface area contributed by atoms with E-state index in [4.69, 9.17) is 4.98 Å². The average Bonchev–Trinajstić information content (AvgIpc) is 3.73. The smallest absolute Gasteiger partial charge is 0.264 e. The number of hydrogen-bond acceptors (Lipinski definition) is 5. The Bertz CT molecular complexity index is 1810. The van der Waals surface area contributed by atoms with E-state index in [1.165, 1.54) is 0 Å². The Kier molecular flexibility index (Phi) is 5.66. The highest BCUT2D eigenvalue weighted by molar-refractivity contribution is 6.11. The maximum atomic E-state index is 14.2. The van der Waals surface area contributed by atoms with Crippen LogP contribution >= 0.6 is 0 Å². The van der Waals surface area contributed by atoms with E-state index in [0.717, 1.165) is 40.6 Å². The van der Waals surface area contributed by atoms with Gasteiger partial charge in [-0.05, 0) is 66.9 Å². The maximum absolute atomic E-state index is 14.2. The molecule has 0 spiro atoms. The van der Waals surface area contributed by atoms with Crippen molar-refractivity contribution in [3.63, 3.8) is 0 Å². The second kappa shape index (κ2) is 9.61. The van der Waals surface area contributed by atoms with E-state index >= 15 is 0 Å². The van der Waals surface area contributed by atoms with Gasteiger partial charge >= 0.3 is 0 Å². The third-order valence-electron chi connectivity index (χ3n) is 6.96. The number of pyridine rings is 2. The fourth-order valence-corrected chi connectivity index (χ4v) is 4.84. The van der Waals surface area contributed by atoms with Crippen molar-refractivity contribution >= 4 is 28.3 Å². The second-order valence-electron chi connectivity index (χ2n) is 9.65. The fraction of sp³-hybridized carbons (Fsp3) is 0.0938. The molecule has 0 bridgehead atoms. The number of carbonyl (C=O) groups excluding carboxylic acids is 1. The summed E-state index contributed by atoms with van der Waals surface area (Å²) < 4.78 is 2.07. The first kappa shape index (κ1) is 23.0. The van der Waals surface area contributed by atoms with Crippen molar-refractivity contribution in [1.29, 1.82) is 0 Å². The largest absolute Gasteiger partial charge is 0.309 e. The monoisotopic (exact) mass is 508 g/mol. The first-order valence-electron chi connectivity index (χ1n) is 13.0. The molecule has 0 aliphatic heterocycles. The van der Waals surface area contributed by atoms with Crippen LogP contribution in [0.5, 0.6) is 0 Å². The molecular weight excluding hydrogens is 484 g/mol. The lowest BCUT2D eigenvalue weighted by molar-refractivity contribution is 0.0998. The Morgan fingerprint density at radius 3 is 2.51 bits per heavy atom. The van der Waals surface area contributed by atoms with Gasteiger partial charge in [-0.3, -0.25) is 14.7 Å². The van der Waals surface area contributed by atoms with Gasteiger partial charge in [0.15, 0.2) is 5.82 Å². The fourth-order valence-electron chi connectivity index (χ4n) is 4.84. The number of amides is 1. The Balaban J connectivity index is 1.29. The normalized spacial score (nSPS) is 12.9. The molecule has 1 saturated carbocycles. The molecule has 1 amide bonds. The highest BCUT2D eigenvalue weighted by Crippen LogP contribution is 2.37. The van der Waals surface area contributed by atoms with E-state index < -0.39 is 0 Å². The lowest BCUT2D eigenvalue weighted by Crippen LogP contribution is -2.27. The zero-order valence-electron chi connectivity index (χ0n) is 21.1. The van der Waals surface area contributed by atoms with E-state index in [9.17, 15) is 4.79 Å². The number of anilines is 2. The summed E-state index contributed by atoms with van der Waals surface area (Å²) in [6, 6.07) is 33.4. The Morgan fingerprint density at radius 1 is 0.821 bits per heavy atom. The molecule has 0 saturated heterocycles. The van der Waals surface area contributed by atoms with Crippen molar-refractivity contribution < 1.29 is 4.79 Å². The molecule has 0 N–H and O–H groups in total. The topological polar surface area (TPSA) is 76.8 Å². The van der Waals surface area contributed by atoms with E-state index in [-0.39, 0.29) is 5.91 Å². The quantitative estimate of drug-likeness (QED) is 0.245. The molecule has 7 heteroatoms. The van der Waals surface area contributed by atoms with Crippen LogP contribution in [-0.2, 0) is 0 Å². The number of carbonyl (C=O) groups is 1. The first-order chi connectivity index (χ1) is 19.2. The van der Waals surface area contributed by atoms with E-state index in [1.54, 1.807) is 11.2 Å². The number of aromatic nitrogens is 5. The van der Waals surface area contributed by atoms with Crippen molar-refractivity contribution in [2.24, 2.45) is 0 Å². The van der Waals surface area contributed by atoms with Crippen LogP contribution < -0.4 is 4.90 Å². The molecule has 1 aliphatic carbocycles. The van der Waals surface area contributed by atoms with Crippen LogP contribution in [0.2, 0.25) is 0 Å². The van der Waals surface area contributed by atoms with Gasteiger partial charge in [-0.2, -0.15) is 0 Å². The summed E-state index contributed by atoms with van der Waals surface area (Å²) in [4.78, 5) is 25.3. The zero-order valence-corrected chi connectivity index (χ0v) is 21.1. The molecule has 6 aromatic rings. The lowest BCUT2D eigenvalue weighted by Gasteiger charge is -2.23. The summed E-state index contributed by atoms with van der Waals surface area (Å²) in [6.07, 6.45) is 5.83. The molecule has 0 atom stereocenters. The van der Waals surface area contributed by atoms with Crippen molar-refractivity contribution in [3.05, 3.63) is 121 Å². The lowest BCUT2D eigenvalue weighted by atomic mass is 10.0. The van der Waals surface area contributed by atoms with Gasteiger partial charge < -0.3 is 4.57 Å². The van der Waals surface area contributed by atoms with Crippen LogP contribution in [0.3, 0.4) is 0 Å². The zero-order chi connectivity index (χ0) is 26.2. The van der Waals surface area contributed by atoms with Crippen LogP contribution in [0.25, 0.3) is 33.5 Å². The van der Waals surface area contributed by atoms with Crippen molar-refractivity contribution in [2.45, 2.75) is 18.9 Å². The van der Waals surface area contributed by atoms with Crippen molar-refractivity contribution in [2.75, 3.05) is 4.90 Å². The third kappa shape index (κ3) is 4.44. The minimum absolute atomic E-state index is 0.176. The third-order valence-corrected chi connectivity index (χ3v) is 6.96. The van der Waals surface area contributed by atoms with Crippen molar-refractivity contribution in [3.8, 4) is 22.6 Å². The summed E-state index contributed by atoms with van der Waals surface area (Å²) in [7, 11) is 0. The van der Waals surface area contributed by atoms with Crippen LogP contribution in [0.15, 0.2) is 116 Å². The average molecular weight is 509 g/mol. The van der Waals surface area contributed by atoms with E-state index in [0.29, 0.717) is 28.9 Å². The summed E-state index contributed by atoms with van der Waals surface area (Å²) in [5.41, 5.74) is 4.78. The highest BCUT2D eigenvalue weighted by Gasteiger charge is 2.28. The second-order valence-corrected chi connectivity index (χ2v) is 9.65. The summed E-state index contributed by atoms with van der Waals surface area (Å²) in [5, 5.41) is 9.51. The Labute approximate surface area is 225 Å². The molecule has 39 heavy (non-hydrogen) atoms. The molecule has 3 aromatic heterocycles. The minimum atomic E-state index is -0.176. The SMILES string of the molecule is O=C(c1cccc(-c2cnc3ccccc3c2)c1)N(c1ccccc1)c1cccc(-c2nncn2C2CC2)n1. The maximum Gasteiger partial charge on any atom is 0.264 e. The summed E-state index contributed by atoms with van der Waals surface area (Å²) in [6.45, 7) is 0. The Morgan fingerprint density at radius 2 is 1.64 bits per heavy atom. The standard InChI is InChI=1S/C32H24N6O/c39-32(24-10-6-9-22(18-24)25-19-23-8-4-5-13-28(23)33-20-25)38(27-11-2-1-3-12-27)30-15-7-14-29(35-30)31-36-34-21-37(31)26-16-17-26/h1-15,18-21,26H,16-17H2. The van der Waals surface area contributed by atoms with Gasteiger partial charge in [-0.1, -0.05) is 54.6 Å². The van der Waals surface area contributed by atoms with Crippen molar-refractivity contribution in [1.82, 2.24) is 24.7 Å². The predicted octanol–water partition coefficient (Wildman–Crippen LogP) is 6.87.